The van der Waals surface area contributed by atoms with E-state index in [9.17, 15) is 9.59 Å². The topological polar surface area (TPSA) is 63.6 Å². The second-order valence-electron chi connectivity index (χ2n) is 9.10. The third-order valence-electron chi connectivity index (χ3n) is 6.46. The Morgan fingerprint density at radius 2 is 1.65 bits per heavy atom. The largest absolute Gasteiger partial charge is 0.489 e. The summed E-state index contributed by atoms with van der Waals surface area (Å²) in [6.07, 6.45) is 1.56. The van der Waals surface area contributed by atoms with Gasteiger partial charge in [0.05, 0.1) is 15.7 Å². The van der Waals surface area contributed by atoms with Crippen molar-refractivity contribution in [3.63, 3.8) is 0 Å². The van der Waals surface area contributed by atoms with Gasteiger partial charge in [-0.25, -0.2) is 0 Å². The van der Waals surface area contributed by atoms with Crippen molar-refractivity contribution < 1.29 is 14.3 Å². The number of halogens is 3. The van der Waals surface area contributed by atoms with Crippen molar-refractivity contribution in [2.75, 3.05) is 4.90 Å². The van der Waals surface area contributed by atoms with Crippen LogP contribution in [0.3, 0.4) is 0 Å². The SMILES string of the molecule is Cc1cc(/C=C2\C(=O)NC(=S)N(c3cccc(Cl)c3Cl)C2=O)c(C)n1-c1ccc(OCc2ccc(Cl)cc2)cc1. The van der Waals surface area contributed by atoms with Gasteiger partial charge in [0.2, 0.25) is 0 Å². The van der Waals surface area contributed by atoms with Gasteiger partial charge in [-0.2, -0.15) is 0 Å². The predicted molar refractivity (Wildman–Crippen MR) is 164 cm³/mol. The van der Waals surface area contributed by atoms with Gasteiger partial charge < -0.3 is 9.30 Å². The average Bonchev–Trinajstić information content (AvgIpc) is 3.21. The van der Waals surface area contributed by atoms with E-state index in [1.807, 2.05) is 73.0 Å². The molecule has 2 heterocycles. The number of carbonyl (C=O) groups excluding carboxylic acids is 2. The Kier molecular flexibility index (Phi) is 8.01. The van der Waals surface area contributed by atoms with E-state index < -0.39 is 11.8 Å². The number of amides is 2. The van der Waals surface area contributed by atoms with E-state index in [0.29, 0.717) is 22.9 Å². The first-order valence-corrected chi connectivity index (χ1v) is 13.7. The van der Waals surface area contributed by atoms with Gasteiger partial charge in [-0.15, -0.1) is 0 Å². The number of carbonyl (C=O) groups is 2. The third kappa shape index (κ3) is 5.51. The normalized spacial score (nSPS) is 14.6. The van der Waals surface area contributed by atoms with Crippen molar-refractivity contribution in [1.82, 2.24) is 9.88 Å². The Morgan fingerprint density at radius 3 is 2.35 bits per heavy atom. The van der Waals surface area contributed by atoms with E-state index in [0.717, 1.165) is 28.4 Å². The van der Waals surface area contributed by atoms with Crippen LogP contribution in [0.5, 0.6) is 5.75 Å². The smallest absolute Gasteiger partial charge is 0.270 e. The first-order valence-electron chi connectivity index (χ1n) is 12.2. The number of rotatable bonds is 6. The molecule has 0 bridgehead atoms. The molecule has 4 aromatic rings. The summed E-state index contributed by atoms with van der Waals surface area (Å²) in [6.45, 7) is 4.30. The van der Waals surface area contributed by atoms with E-state index in [-0.39, 0.29) is 20.7 Å². The summed E-state index contributed by atoms with van der Waals surface area (Å²) in [5, 5.41) is 3.62. The first kappa shape index (κ1) is 27.9. The molecule has 1 aliphatic rings. The molecule has 2 amide bonds. The Bertz CT molecular complexity index is 1680. The molecule has 1 fully saturated rings. The molecule has 0 saturated carbocycles. The molecule has 0 atom stereocenters. The minimum atomic E-state index is -0.593. The zero-order valence-electron chi connectivity index (χ0n) is 21.4. The van der Waals surface area contributed by atoms with Gasteiger partial charge in [-0.3, -0.25) is 19.8 Å². The summed E-state index contributed by atoms with van der Waals surface area (Å²) in [7, 11) is 0. The highest BCUT2D eigenvalue weighted by molar-refractivity contribution is 7.80. The zero-order chi connectivity index (χ0) is 28.6. The fourth-order valence-electron chi connectivity index (χ4n) is 4.47. The summed E-state index contributed by atoms with van der Waals surface area (Å²) in [6, 6.07) is 22.0. The molecule has 0 unspecified atom stereocenters. The van der Waals surface area contributed by atoms with Crippen LogP contribution in [0.2, 0.25) is 15.1 Å². The maximum absolute atomic E-state index is 13.5. The average molecular weight is 611 g/mol. The lowest BCUT2D eigenvalue weighted by Crippen LogP contribution is -2.54. The number of thiocarbonyl (C=S) groups is 1. The third-order valence-corrected chi connectivity index (χ3v) is 7.80. The van der Waals surface area contributed by atoms with Crippen LogP contribution in [0.15, 0.2) is 78.4 Å². The molecule has 1 N–H and O–H groups in total. The van der Waals surface area contributed by atoms with E-state index in [1.54, 1.807) is 24.3 Å². The molecule has 0 radical (unpaired) electrons. The predicted octanol–water partition coefficient (Wildman–Crippen LogP) is 7.46. The molecule has 3 aromatic carbocycles. The number of hydrogen-bond donors (Lipinski definition) is 1. The summed E-state index contributed by atoms with van der Waals surface area (Å²) in [5.41, 5.74) is 4.63. The van der Waals surface area contributed by atoms with E-state index in [4.69, 9.17) is 51.8 Å². The minimum Gasteiger partial charge on any atom is -0.489 e. The summed E-state index contributed by atoms with van der Waals surface area (Å²) in [4.78, 5) is 27.5. The van der Waals surface area contributed by atoms with Crippen LogP contribution in [0.25, 0.3) is 11.8 Å². The summed E-state index contributed by atoms with van der Waals surface area (Å²) in [5.74, 6) is -0.454. The molecule has 40 heavy (non-hydrogen) atoms. The maximum Gasteiger partial charge on any atom is 0.270 e. The molecule has 1 aromatic heterocycles. The van der Waals surface area contributed by atoms with E-state index in [2.05, 4.69) is 5.32 Å². The van der Waals surface area contributed by atoms with Gasteiger partial charge in [0, 0.05) is 22.1 Å². The van der Waals surface area contributed by atoms with Crippen LogP contribution < -0.4 is 15.0 Å². The molecule has 6 nitrogen and oxygen atoms in total. The van der Waals surface area contributed by atoms with Crippen LogP contribution >= 0.6 is 47.0 Å². The highest BCUT2D eigenvalue weighted by atomic mass is 35.5. The second kappa shape index (κ2) is 11.5. The Hall–Kier alpha value is -3.62. The van der Waals surface area contributed by atoms with Gasteiger partial charge in [-0.1, -0.05) is 53.0 Å². The second-order valence-corrected chi connectivity index (χ2v) is 10.7. The minimum absolute atomic E-state index is 0.0693. The van der Waals surface area contributed by atoms with Gasteiger partial charge in [0.15, 0.2) is 5.11 Å². The number of aryl methyl sites for hydroxylation is 1. The van der Waals surface area contributed by atoms with Crippen LogP contribution in [0.1, 0.15) is 22.5 Å². The molecule has 0 aliphatic carbocycles. The molecule has 5 rings (SSSR count). The Labute approximate surface area is 251 Å². The van der Waals surface area contributed by atoms with Crippen LogP contribution in [-0.4, -0.2) is 21.5 Å². The maximum atomic E-state index is 13.5. The number of hydrogen-bond acceptors (Lipinski definition) is 4. The summed E-state index contributed by atoms with van der Waals surface area (Å²) >= 11 is 23.7. The first-order chi connectivity index (χ1) is 19.1. The number of ether oxygens (including phenoxy) is 1. The Morgan fingerprint density at radius 1 is 0.950 bits per heavy atom. The van der Waals surface area contributed by atoms with Crippen LogP contribution in [-0.2, 0) is 16.2 Å². The molecule has 202 valence electrons. The Balaban J connectivity index is 1.41. The van der Waals surface area contributed by atoms with E-state index in [1.165, 1.54) is 4.90 Å². The highest BCUT2D eigenvalue weighted by Crippen LogP contribution is 2.35. The van der Waals surface area contributed by atoms with Crippen LogP contribution in [0, 0.1) is 13.8 Å². The number of aromatic nitrogens is 1. The standard InChI is InChI=1S/C30H22Cl3N3O3S/c1-17-14-20(15-24-28(37)34-30(40)36(29(24)38)26-5-3-4-25(32)27(26)33)18(2)35(17)22-10-12-23(13-11-22)39-16-19-6-8-21(31)9-7-19/h3-15H,16H2,1-2H3,(H,34,37,40)/b24-15+. The van der Waals surface area contributed by atoms with Crippen molar-refractivity contribution in [3.05, 3.63) is 116 Å². The number of nitrogens with zero attached hydrogens (tertiary/aromatic N) is 2. The fourth-order valence-corrected chi connectivity index (χ4v) is 5.25. The quantitative estimate of drug-likeness (QED) is 0.140. The monoisotopic (exact) mass is 609 g/mol. The molecule has 0 spiro atoms. The lowest BCUT2D eigenvalue weighted by Gasteiger charge is -2.29. The van der Waals surface area contributed by atoms with Crippen molar-refractivity contribution in [2.24, 2.45) is 0 Å². The number of nitrogens with one attached hydrogen (secondary N) is 1. The lowest BCUT2D eigenvalue weighted by atomic mass is 10.1. The molecule has 10 heteroatoms. The van der Waals surface area contributed by atoms with Crippen LogP contribution in [0.4, 0.5) is 5.69 Å². The van der Waals surface area contributed by atoms with Crippen molar-refractivity contribution in [2.45, 2.75) is 20.5 Å². The fraction of sp³-hybridized carbons (Fsp3) is 0.100. The number of benzene rings is 3. The molecular weight excluding hydrogens is 589 g/mol. The van der Waals surface area contributed by atoms with Gasteiger partial charge in [0.25, 0.3) is 11.8 Å². The zero-order valence-corrected chi connectivity index (χ0v) is 24.5. The van der Waals surface area contributed by atoms with E-state index >= 15 is 0 Å². The molecule has 1 aliphatic heterocycles. The van der Waals surface area contributed by atoms with Crippen molar-refractivity contribution in [1.29, 1.82) is 0 Å². The summed E-state index contributed by atoms with van der Waals surface area (Å²) < 4.78 is 7.95. The number of anilines is 1. The van der Waals surface area contributed by atoms with Crippen molar-refractivity contribution >= 4 is 75.7 Å². The van der Waals surface area contributed by atoms with Gasteiger partial charge >= 0.3 is 0 Å². The van der Waals surface area contributed by atoms with Gasteiger partial charge in [0.1, 0.15) is 17.9 Å². The van der Waals surface area contributed by atoms with Crippen molar-refractivity contribution in [3.8, 4) is 11.4 Å². The molecular formula is C30H22Cl3N3O3S. The molecule has 1 saturated heterocycles. The highest BCUT2D eigenvalue weighted by Gasteiger charge is 2.36. The van der Waals surface area contributed by atoms with Gasteiger partial charge in [-0.05, 0) is 97.9 Å². The lowest BCUT2D eigenvalue weighted by molar-refractivity contribution is -0.122.